The van der Waals surface area contributed by atoms with Crippen molar-refractivity contribution in [1.82, 2.24) is 10.2 Å². The lowest BCUT2D eigenvalue weighted by molar-refractivity contribution is 0.198. The number of rotatable bonds is 3. The molecule has 1 saturated carbocycles. The highest BCUT2D eigenvalue weighted by molar-refractivity contribution is 7.11. The highest BCUT2D eigenvalue weighted by Gasteiger charge is 2.31. The molecule has 0 bridgehead atoms. The van der Waals surface area contributed by atoms with E-state index in [4.69, 9.17) is 5.73 Å². The van der Waals surface area contributed by atoms with Gasteiger partial charge in [-0.25, -0.2) is 0 Å². The van der Waals surface area contributed by atoms with Crippen molar-refractivity contribution in [2.24, 2.45) is 11.7 Å². The number of aromatic nitrogens is 2. The van der Waals surface area contributed by atoms with Gasteiger partial charge in [-0.1, -0.05) is 11.3 Å². The summed E-state index contributed by atoms with van der Waals surface area (Å²) in [6.07, 6.45) is 1.77. The standard InChI is InChI=1S/C9H15N3OS.ClH/c1-5(13)8-11-12-9(14-8)7-2-6(3-7)4-10;/h5-7,13H,2-4,10H2,1H3;1H/t5?,6-,7+;. The molecule has 1 aromatic rings. The van der Waals surface area contributed by atoms with Crippen LogP contribution in [0.25, 0.3) is 0 Å². The summed E-state index contributed by atoms with van der Waals surface area (Å²) in [5, 5.41) is 19.1. The summed E-state index contributed by atoms with van der Waals surface area (Å²) in [5.41, 5.74) is 5.55. The fourth-order valence-electron chi connectivity index (χ4n) is 1.71. The first-order chi connectivity index (χ1) is 6.70. The molecular formula is C9H16ClN3OS. The monoisotopic (exact) mass is 249 g/mol. The molecule has 1 unspecified atom stereocenters. The summed E-state index contributed by atoms with van der Waals surface area (Å²) in [5.74, 6) is 1.20. The number of aliphatic hydroxyl groups is 1. The van der Waals surface area contributed by atoms with Crippen LogP contribution >= 0.6 is 23.7 Å². The second kappa shape index (κ2) is 5.21. The first kappa shape index (κ1) is 12.8. The minimum absolute atomic E-state index is 0. The van der Waals surface area contributed by atoms with Crippen molar-refractivity contribution in [2.75, 3.05) is 6.54 Å². The number of nitrogens with two attached hydrogens (primary N) is 1. The molecule has 0 radical (unpaired) electrons. The maximum atomic E-state index is 9.30. The van der Waals surface area contributed by atoms with Crippen molar-refractivity contribution in [3.05, 3.63) is 10.0 Å². The lowest BCUT2D eigenvalue weighted by atomic mass is 9.75. The van der Waals surface area contributed by atoms with Gasteiger partial charge in [-0.15, -0.1) is 22.6 Å². The number of halogens is 1. The molecule has 15 heavy (non-hydrogen) atoms. The maximum Gasteiger partial charge on any atom is 0.145 e. The van der Waals surface area contributed by atoms with Crippen LogP contribution in [0.2, 0.25) is 0 Å². The van der Waals surface area contributed by atoms with E-state index >= 15 is 0 Å². The van der Waals surface area contributed by atoms with Crippen LogP contribution in [0.5, 0.6) is 0 Å². The first-order valence-electron chi connectivity index (χ1n) is 4.92. The zero-order valence-corrected chi connectivity index (χ0v) is 10.2. The van der Waals surface area contributed by atoms with E-state index < -0.39 is 6.10 Å². The maximum absolute atomic E-state index is 9.30. The smallest absolute Gasteiger partial charge is 0.145 e. The topological polar surface area (TPSA) is 72.0 Å². The van der Waals surface area contributed by atoms with E-state index in [1.807, 2.05) is 0 Å². The van der Waals surface area contributed by atoms with Gasteiger partial charge >= 0.3 is 0 Å². The van der Waals surface area contributed by atoms with Crippen LogP contribution < -0.4 is 5.73 Å². The molecule has 1 heterocycles. The number of hydrogen-bond acceptors (Lipinski definition) is 5. The minimum atomic E-state index is -0.494. The normalized spacial score (nSPS) is 26.6. The van der Waals surface area contributed by atoms with E-state index in [1.54, 1.807) is 6.92 Å². The third-order valence-corrected chi connectivity index (χ3v) is 3.99. The largest absolute Gasteiger partial charge is 0.386 e. The van der Waals surface area contributed by atoms with Crippen LogP contribution in [0.1, 0.15) is 41.8 Å². The quantitative estimate of drug-likeness (QED) is 0.851. The summed E-state index contributed by atoms with van der Waals surface area (Å²) in [7, 11) is 0. The number of hydrogen-bond donors (Lipinski definition) is 2. The third kappa shape index (κ3) is 2.66. The molecule has 0 saturated heterocycles. The van der Waals surface area contributed by atoms with Crippen molar-refractivity contribution in [3.8, 4) is 0 Å². The minimum Gasteiger partial charge on any atom is -0.386 e. The van der Waals surface area contributed by atoms with Crippen LogP contribution in [0.15, 0.2) is 0 Å². The molecule has 86 valence electrons. The zero-order chi connectivity index (χ0) is 10.1. The van der Waals surface area contributed by atoms with Crippen LogP contribution in [-0.2, 0) is 0 Å². The lowest BCUT2D eigenvalue weighted by Crippen LogP contribution is -2.28. The van der Waals surface area contributed by atoms with E-state index in [0.29, 0.717) is 11.8 Å². The summed E-state index contributed by atoms with van der Waals surface area (Å²) in [6.45, 7) is 2.49. The van der Waals surface area contributed by atoms with Crippen LogP contribution in [-0.4, -0.2) is 21.8 Å². The van der Waals surface area contributed by atoms with Crippen LogP contribution in [0, 0.1) is 5.92 Å². The van der Waals surface area contributed by atoms with E-state index in [0.717, 1.165) is 29.4 Å². The Morgan fingerprint density at radius 2 is 2.20 bits per heavy atom. The van der Waals surface area contributed by atoms with Gasteiger partial charge in [0, 0.05) is 5.92 Å². The molecule has 0 aliphatic heterocycles. The van der Waals surface area contributed by atoms with Gasteiger partial charge in [0.15, 0.2) is 0 Å². The molecule has 6 heteroatoms. The molecule has 3 N–H and O–H groups in total. The van der Waals surface area contributed by atoms with Crippen molar-refractivity contribution in [2.45, 2.75) is 31.8 Å². The zero-order valence-electron chi connectivity index (χ0n) is 8.59. The second-order valence-corrected chi connectivity index (χ2v) is 4.97. The fourth-order valence-corrected chi connectivity index (χ4v) is 2.62. The predicted octanol–water partition coefficient (Wildman–Crippen LogP) is 1.47. The molecule has 2 rings (SSSR count). The van der Waals surface area contributed by atoms with Gasteiger partial charge in [-0.05, 0) is 32.2 Å². The van der Waals surface area contributed by atoms with E-state index in [-0.39, 0.29) is 12.4 Å². The van der Waals surface area contributed by atoms with Gasteiger partial charge in [-0.3, -0.25) is 0 Å². The highest BCUT2D eigenvalue weighted by Crippen LogP contribution is 2.42. The molecule has 1 aromatic heterocycles. The molecule has 1 aliphatic carbocycles. The molecule has 0 amide bonds. The Labute approximate surface area is 99.3 Å². The molecule has 0 spiro atoms. The third-order valence-electron chi connectivity index (χ3n) is 2.73. The van der Waals surface area contributed by atoms with Gasteiger partial charge in [0.25, 0.3) is 0 Å². The Bertz CT molecular complexity index is 312. The van der Waals surface area contributed by atoms with Crippen LogP contribution in [0.3, 0.4) is 0 Å². The first-order valence-corrected chi connectivity index (χ1v) is 5.73. The Morgan fingerprint density at radius 1 is 1.53 bits per heavy atom. The van der Waals surface area contributed by atoms with Crippen molar-refractivity contribution < 1.29 is 5.11 Å². The van der Waals surface area contributed by atoms with Gasteiger partial charge in [0.1, 0.15) is 16.1 Å². The molecule has 1 atom stereocenters. The highest BCUT2D eigenvalue weighted by atomic mass is 35.5. The summed E-state index contributed by atoms with van der Waals surface area (Å²) >= 11 is 1.52. The SMILES string of the molecule is CC(O)c1nnc([C@H]2C[C@@H](CN)C2)s1.Cl. The Kier molecular flexibility index (Phi) is 4.45. The molecule has 0 aromatic carbocycles. The number of aliphatic hydroxyl groups excluding tert-OH is 1. The van der Waals surface area contributed by atoms with Crippen molar-refractivity contribution in [3.63, 3.8) is 0 Å². The lowest BCUT2D eigenvalue weighted by Gasteiger charge is -2.32. The Morgan fingerprint density at radius 3 is 2.67 bits per heavy atom. The van der Waals surface area contributed by atoms with Gasteiger partial charge in [0.05, 0.1) is 0 Å². The van der Waals surface area contributed by atoms with E-state index in [9.17, 15) is 5.11 Å². The van der Waals surface area contributed by atoms with Crippen molar-refractivity contribution >= 4 is 23.7 Å². The fraction of sp³-hybridized carbons (Fsp3) is 0.778. The Balaban J connectivity index is 0.00000112. The average molecular weight is 250 g/mol. The average Bonchev–Trinajstić information content (AvgIpc) is 2.51. The Hall–Kier alpha value is -0.230. The van der Waals surface area contributed by atoms with E-state index in [2.05, 4.69) is 10.2 Å². The molecular weight excluding hydrogens is 234 g/mol. The summed E-state index contributed by atoms with van der Waals surface area (Å²) in [6, 6.07) is 0. The van der Waals surface area contributed by atoms with Gasteiger partial charge in [-0.2, -0.15) is 0 Å². The molecule has 4 nitrogen and oxygen atoms in total. The molecule has 1 aliphatic rings. The molecule has 1 fully saturated rings. The van der Waals surface area contributed by atoms with E-state index in [1.165, 1.54) is 11.3 Å². The van der Waals surface area contributed by atoms with Gasteiger partial charge in [0.2, 0.25) is 0 Å². The van der Waals surface area contributed by atoms with Crippen LogP contribution in [0.4, 0.5) is 0 Å². The summed E-state index contributed by atoms with van der Waals surface area (Å²) < 4.78 is 0. The number of nitrogens with zero attached hydrogens (tertiary/aromatic N) is 2. The van der Waals surface area contributed by atoms with Crippen molar-refractivity contribution in [1.29, 1.82) is 0 Å². The second-order valence-electron chi connectivity index (χ2n) is 3.92. The summed E-state index contributed by atoms with van der Waals surface area (Å²) in [4.78, 5) is 0. The van der Waals surface area contributed by atoms with Gasteiger partial charge < -0.3 is 10.8 Å². The predicted molar refractivity (Wildman–Crippen MR) is 62.3 cm³/mol.